The first kappa shape index (κ1) is 19.5. The van der Waals surface area contributed by atoms with E-state index in [1.165, 1.54) is 47.4 Å². The first-order valence-electron chi connectivity index (χ1n) is 8.57. The Kier molecular flexibility index (Phi) is 5.81. The third kappa shape index (κ3) is 4.96. The van der Waals surface area contributed by atoms with Crippen LogP contribution in [0.15, 0.2) is 58.0 Å². The van der Waals surface area contributed by atoms with Crippen molar-refractivity contribution in [1.82, 2.24) is 10.2 Å². The van der Waals surface area contributed by atoms with Crippen molar-refractivity contribution in [3.05, 3.63) is 71.3 Å². The molecule has 1 aromatic heterocycles. The molecule has 1 N–H and O–H groups in total. The number of carbonyl (C=O) groups is 1. The van der Waals surface area contributed by atoms with Gasteiger partial charge in [0.2, 0.25) is 11.2 Å². The molecule has 6 nitrogen and oxygen atoms in total. The summed E-state index contributed by atoms with van der Waals surface area (Å²) in [7, 11) is 0. The molecule has 29 heavy (non-hydrogen) atoms. The van der Waals surface area contributed by atoms with Crippen LogP contribution in [0.1, 0.15) is 17.5 Å². The van der Waals surface area contributed by atoms with Crippen LogP contribution in [0.4, 0.5) is 13.9 Å². The molecule has 1 amide bonds. The highest BCUT2D eigenvalue weighted by Gasteiger charge is 2.29. The number of hydrogen-bond acceptors (Lipinski definition) is 7. The van der Waals surface area contributed by atoms with E-state index in [1.54, 1.807) is 24.3 Å². The minimum absolute atomic E-state index is 0.236. The second kappa shape index (κ2) is 8.66. The van der Waals surface area contributed by atoms with Crippen molar-refractivity contribution in [2.45, 2.75) is 22.6 Å². The van der Waals surface area contributed by atoms with E-state index in [0.717, 1.165) is 5.56 Å². The number of thioether (sulfide) groups is 1. The topological polar surface area (TPSA) is 76.5 Å². The number of hydrogen-bond donors (Lipinski definition) is 1. The van der Waals surface area contributed by atoms with Gasteiger partial charge < -0.3 is 4.84 Å². The van der Waals surface area contributed by atoms with E-state index in [2.05, 4.69) is 20.7 Å². The van der Waals surface area contributed by atoms with E-state index < -0.39 is 12.0 Å². The summed E-state index contributed by atoms with van der Waals surface area (Å²) in [6, 6.07) is 12.2. The lowest BCUT2D eigenvalue weighted by Gasteiger charge is -2.06. The molecule has 2 heterocycles. The number of nitrogens with one attached hydrogen (secondary N) is 1. The molecule has 10 heteroatoms. The van der Waals surface area contributed by atoms with Crippen LogP contribution in [0.2, 0.25) is 0 Å². The minimum Gasteiger partial charge on any atom is -0.382 e. The molecule has 0 saturated heterocycles. The average molecular weight is 432 g/mol. The average Bonchev–Trinajstić information content (AvgIpc) is 3.37. The fourth-order valence-corrected chi connectivity index (χ4v) is 4.30. The van der Waals surface area contributed by atoms with Gasteiger partial charge in [-0.05, 0) is 29.8 Å². The normalized spacial score (nSPS) is 15.7. The number of amides is 1. The number of nitrogens with zero attached hydrogens (tertiary/aromatic N) is 3. The molecule has 0 radical (unpaired) electrons. The van der Waals surface area contributed by atoms with Crippen LogP contribution in [0.3, 0.4) is 0 Å². The molecule has 1 aliphatic heterocycles. The second-order valence-electron chi connectivity index (χ2n) is 6.12. The van der Waals surface area contributed by atoms with Crippen molar-refractivity contribution in [1.29, 1.82) is 0 Å². The lowest BCUT2D eigenvalue weighted by Crippen LogP contribution is -2.28. The van der Waals surface area contributed by atoms with Crippen molar-refractivity contribution >= 4 is 39.8 Å². The lowest BCUT2D eigenvalue weighted by molar-refractivity contribution is -0.125. The molecule has 1 unspecified atom stereocenters. The highest BCUT2D eigenvalue weighted by molar-refractivity contribution is 8.00. The summed E-state index contributed by atoms with van der Waals surface area (Å²) in [6.45, 7) is 0. The number of rotatable bonds is 6. The number of aromatic nitrogens is 2. The molecule has 4 rings (SSSR count). The monoisotopic (exact) mass is 432 g/mol. The third-order valence-corrected chi connectivity index (χ3v) is 6.07. The zero-order valence-electron chi connectivity index (χ0n) is 14.8. The maximum atomic E-state index is 13.3. The number of benzene rings is 2. The first-order chi connectivity index (χ1) is 14.1. The molecule has 3 aromatic rings. The van der Waals surface area contributed by atoms with E-state index in [1.807, 2.05) is 0 Å². The predicted octanol–water partition coefficient (Wildman–Crippen LogP) is 4.24. The molecular weight excluding hydrogens is 418 g/mol. The van der Waals surface area contributed by atoms with Gasteiger partial charge in [-0.1, -0.05) is 52.5 Å². The molecule has 1 aliphatic rings. The summed E-state index contributed by atoms with van der Waals surface area (Å²) in [5, 5.41) is 14.9. The van der Waals surface area contributed by atoms with Gasteiger partial charge in [0.05, 0.1) is 5.71 Å². The molecular formula is C19H14F2N4O2S2. The number of carbonyl (C=O) groups excluding carboxylic acids is 1. The smallest absolute Gasteiger partial charge is 0.270 e. The molecule has 2 aromatic carbocycles. The Morgan fingerprint density at radius 1 is 1.17 bits per heavy atom. The minimum atomic E-state index is -0.813. The van der Waals surface area contributed by atoms with Crippen LogP contribution >= 0.6 is 23.1 Å². The van der Waals surface area contributed by atoms with Gasteiger partial charge >= 0.3 is 0 Å². The number of halogens is 2. The SMILES string of the molecule is O=C(Nc1nnc(SCc2ccc(F)cc2)s1)C1CC(c2cccc(F)c2)=NO1. The summed E-state index contributed by atoms with van der Waals surface area (Å²) >= 11 is 2.67. The largest absolute Gasteiger partial charge is 0.382 e. The van der Waals surface area contributed by atoms with Crippen molar-refractivity contribution in [3.63, 3.8) is 0 Å². The van der Waals surface area contributed by atoms with Gasteiger partial charge in [0, 0.05) is 17.7 Å². The summed E-state index contributed by atoms with van der Waals surface area (Å²) < 4.78 is 27.0. The van der Waals surface area contributed by atoms with Gasteiger partial charge in [-0.2, -0.15) is 0 Å². The van der Waals surface area contributed by atoms with Crippen molar-refractivity contribution in [2.24, 2.45) is 5.16 Å². The third-order valence-electron chi connectivity index (χ3n) is 4.03. The first-order valence-corrected chi connectivity index (χ1v) is 10.4. The van der Waals surface area contributed by atoms with Gasteiger partial charge in [-0.3, -0.25) is 10.1 Å². The summed E-state index contributed by atoms with van der Waals surface area (Å²) in [4.78, 5) is 17.6. The Balaban J connectivity index is 1.30. The zero-order valence-corrected chi connectivity index (χ0v) is 16.5. The Hall–Kier alpha value is -2.85. The maximum Gasteiger partial charge on any atom is 0.270 e. The van der Waals surface area contributed by atoms with Gasteiger partial charge in [-0.25, -0.2) is 8.78 Å². The number of oxime groups is 1. The van der Waals surface area contributed by atoms with E-state index in [9.17, 15) is 13.6 Å². The second-order valence-corrected chi connectivity index (χ2v) is 8.32. The van der Waals surface area contributed by atoms with Gasteiger partial charge in [0.15, 0.2) is 4.34 Å². The molecule has 1 atom stereocenters. The molecule has 0 bridgehead atoms. The summed E-state index contributed by atoms with van der Waals surface area (Å²) in [5.41, 5.74) is 2.05. The predicted molar refractivity (Wildman–Crippen MR) is 107 cm³/mol. The molecule has 148 valence electrons. The number of anilines is 1. The molecule has 0 fully saturated rings. The highest BCUT2D eigenvalue weighted by Crippen LogP contribution is 2.29. The van der Waals surface area contributed by atoms with Gasteiger partial charge in [0.25, 0.3) is 5.91 Å². The van der Waals surface area contributed by atoms with Crippen molar-refractivity contribution < 1.29 is 18.4 Å². The van der Waals surface area contributed by atoms with E-state index in [0.29, 0.717) is 26.5 Å². The van der Waals surface area contributed by atoms with E-state index in [-0.39, 0.29) is 18.1 Å². The van der Waals surface area contributed by atoms with Crippen LogP contribution in [0, 0.1) is 11.6 Å². The quantitative estimate of drug-likeness (QED) is 0.466. The van der Waals surface area contributed by atoms with Crippen LogP contribution in [0.5, 0.6) is 0 Å². The Labute approximate surface area is 173 Å². The van der Waals surface area contributed by atoms with Crippen molar-refractivity contribution in [3.8, 4) is 0 Å². The summed E-state index contributed by atoms with van der Waals surface area (Å²) in [6.07, 6.45) is -0.576. The van der Waals surface area contributed by atoms with Crippen LogP contribution in [-0.2, 0) is 15.4 Å². The fourth-order valence-electron chi connectivity index (χ4n) is 2.59. The van der Waals surface area contributed by atoms with Crippen LogP contribution in [-0.4, -0.2) is 27.9 Å². The van der Waals surface area contributed by atoms with Crippen LogP contribution < -0.4 is 5.32 Å². The van der Waals surface area contributed by atoms with E-state index >= 15 is 0 Å². The Morgan fingerprint density at radius 3 is 2.79 bits per heavy atom. The van der Waals surface area contributed by atoms with E-state index in [4.69, 9.17) is 4.84 Å². The molecule has 0 spiro atoms. The Morgan fingerprint density at radius 2 is 2.00 bits per heavy atom. The summed E-state index contributed by atoms with van der Waals surface area (Å²) in [5.74, 6) is -0.443. The standard InChI is InChI=1S/C19H14F2N4O2S2/c20-13-6-4-11(5-7-13)10-28-19-24-23-18(29-19)22-17(26)16-9-15(25-27-16)12-2-1-3-14(21)8-12/h1-8,16H,9-10H2,(H,22,23,26). The molecule has 0 aliphatic carbocycles. The van der Waals surface area contributed by atoms with Crippen LogP contribution in [0.25, 0.3) is 0 Å². The highest BCUT2D eigenvalue weighted by atomic mass is 32.2. The Bertz CT molecular complexity index is 1060. The van der Waals surface area contributed by atoms with Gasteiger partial charge in [-0.15, -0.1) is 10.2 Å². The van der Waals surface area contributed by atoms with Gasteiger partial charge in [0.1, 0.15) is 11.6 Å². The molecule has 0 saturated carbocycles. The van der Waals surface area contributed by atoms with Crippen molar-refractivity contribution in [2.75, 3.05) is 5.32 Å². The fraction of sp³-hybridized carbons (Fsp3) is 0.158. The lowest BCUT2D eigenvalue weighted by atomic mass is 10.0. The zero-order chi connectivity index (χ0) is 20.2. The maximum absolute atomic E-state index is 13.3.